The highest BCUT2D eigenvalue weighted by Crippen LogP contribution is 2.13. The van der Waals surface area contributed by atoms with E-state index in [2.05, 4.69) is 20.0 Å². The molecule has 3 N–H and O–H groups in total. The van der Waals surface area contributed by atoms with Gasteiger partial charge in [0.1, 0.15) is 10.7 Å². The quantitative estimate of drug-likeness (QED) is 0.736. The average Bonchev–Trinajstić information content (AvgIpc) is 2.82. The molecule has 0 radical (unpaired) electrons. The van der Waals surface area contributed by atoms with Crippen LogP contribution in [0.5, 0.6) is 0 Å². The fourth-order valence-corrected chi connectivity index (χ4v) is 2.46. The van der Waals surface area contributed by atoms with Gasteiger partial charge >= 0.3 is 0 Å². The molecule has 96 valence electrons. The Morgan fingerprint density at radius 3 is 2.89 bits per heavy atom. The molecule has 0 unspecified atom stereocenters. The molecular formula is C9H12N6O2S. The van der Waals surface area contributed by atoms with Gasteiger partial charge < -0.3 is 5.73 Å². The number of anilines is 1. The van der Waals surface area contributed by atoms with Gasteiger partial charge in [-0.15, -0.1) is 5.10 Å². The predicted molar refractivity (Wildman–Crippen MR) is 63.9 cm³/mol. The van der Waals surface area contributed by atoms with E-state index in [0.717, 1.165) is 0 Å². The molecule has 9 heteroatoms. The van der Waals surface area contributed by atoms with Gasteiger partial charge in [-0.3, -0.25) is 4.68 Å². The van der Waals surface area contributed by atoms with Crippen LogP contribution in [0.15, 0.2) is 35.6 Å². The van der Waals surface area contributed by atoms with Crippen LogP contribution in [0.4, 0.5) is 5.82 Å². The summed E-state index contributed by atoms with van der Waals surface area (Å²) >= 11 is 0. The molecule has 0 bridgehead atoms. The van der Waals surface area contributed by atoms with Gasteiger partial charge in [-0.05, 0) is 12.1 Å². The summed E-state index contributed by atoms with van der Waals surface area (Å²) in [6.45, 7) is 0.583. The highest BCUT2D eigenvalue weighted by molar-refractivity contribution is 7.89. The Morgan fingerprint density at radius 2 is 2.22 bits per heavy atom. The first kappa shape index (κ1) is 12.5. The molecule has 8 nitrogen and oxygen atoms in total. The fraction of sp³-hybridized carbons (Fsp3) is 0.222. The van der Waals surface area contributed by atoms with E-state index in [1.807, 2.05) is 0 Å². The zero-order valence-corrected chi connectivity index (χ0v) is 10.2. The summed E-state index contributed by atoms with van der Waals surface area (Å²) in [5.41, 5.74) is 5.52. The first-order chi connectivity index (χ1) is 8.59. The van der Waals surface area contributed by atoms with Gasteiger partial charge in [-0.25, -0.2) is 18.1 Å². The normalized spacial score (nSPS) is 11.6. The molecule has 2 aromatic heterocycles. The van der Waals surface area contributed by atoms with Crippen LogP contribution in [0.3, 0.4) is 0 Å². The Labute approximate surface area is 104 Å². The van der Waals surface area contributed by atoms with Crippen LogP contribution in [-0.4, -0.2) is 34.9 Å². The van der Waals surface area contributed by atoms with Crippen molar-refractivity contribution in [3.8, 4) is 0 Å². The Kier molecular flexibility index (Phi) is 3.53. The monoisotopic (exact) mass is 268 g/mol. The van der Waals surface area contributed by atoms with Gasteiger partial charge in [0, 0.05) is 18.9 Å². The molecule has 2 rings (SSSR count). The van der Waals surface area contributed by atoms with Crippen molar-refractivity contribution in [1.29, 1.82) is 0 Å². The molecule has 2 aromatic rings. The van der Waals surface area contributed by atoms with E-state index in [1.54, 1.807) is 6.20 Å². The summed E-state index contributed by atoms with van der Waals surface area (Å²) in [5.74, 6) is -0.0224. The van der Waals surface area contributed by atoms with Gasteiger partial charge in [0.2, 0.25) is 10.0 Å². The number of rotatable bonds is 5. The minimum absolute atomic E-state index is 0.0224. The molecule has 0 aromatic carbocycles. The van der Waals surface area contributed by atoms with Gasteiger partial charge in [-0.1, -0.05) is 5.21 Å². The van der Waals surface area contributed by atoms with Gasteiger partial charge in [0.05, 0.1) is 12.7 Å². The van der Waals surface area contributed by atoms with Crippen molar-refractivity contribution in [2.24, 2.45) is 0 Å². The van der Waals surface area contributed by atoms with E-state index in [9.17, 15) is 8.42 Å². The second-order valence-electron chi connectivity index (χ2n) is 3.45. The van der Waals surface area contributed by atoms with E-state index in [-0.39, 0.29) is 17.3 Å². The fourth-order valence-electron chi connectivity index (χ4n) is 1.35. The molecular weight excluding hydrogens is 256 g/mol. The van der Waals surface area contributed by atoms with Crippen molar-refractivity contribution in [3.63, 3.8) is 0 Å². The zero-order valence-electron chi connectivity index (χ0n) is 9.39. The number of hydrogen-bond donors (Lipinski definition) is 2. The highest BCUT2D eigenvalue weighted by atomic mass is 32.2. The van der Waals surface area contributed by atoms with E-state index < -0.39 is 10.0 Å². The highest BCUT2D eigenvalue weighted by Gasteiger charge is 2.16. The van der Waals surface area contributed by atoms with Crippen LogP contribution < -0.4 is 10.5 Å². The first-order valence-electron chi connectivity index (χ1n) is 5.14. The summed E-state index contributed by atoms with van der Waals surface area (Å²) in [6.07, 6.45) is 4.60. The zero-order chi connectivity index (χ0) is 13.0. The summed E-state index contributed by atoms with van der Waals surface area (Å²) in [6, 6.07) is 2.92. The largest absolute Gasteiger partial charge is 0.383 e. The van der Waals surface area contributed by atoms with E-state index in [4.69, 9.17) is 5.73 Å². The smallest absolute Gasteiger partial charge is 0.244 e. The van der Waals surface area contributed by atoms with E-state index in [0.29, 0.717) is 6.54 Å². The molecule has 0 spiro atoms. The molecule has 0 fully saturated rings. The maximum atomic E-state index is 11.9. The lowest BCUT2D eigenvalue weighted by atomic mass is 10.5. The minimum atomic E-state index is -3.64. The van der Waals surface area contributed by atoms with Crippen LogP contribution in [0, 0.1) is 0 Å². The van der Waals surface area contributed by atoms with Crippen LogP contribution in [0.25, 0.3) is 0 Å². The maximum Gasteiger partial charge on any atom is 0.244 e. The number of nitrogens with zero attached hydrogens (tertiary/aromatic N) is 4. The lowest BCUT2D eigenvalue weighted by Crippen LogP contribution is -2.28. The molecule has 0 aliphatic carbocycles. The molecule has 2 heterocycles. The summed E-state index contributed by atoms with van der Waals surface area (Å²) in [4.78, 5) is 3.71. The molecule has 0 saturated heterocycles. The Hall–Kier alpha value is -2.00. The molecule has 0 atom stereocenters. The first-order valence-corrected chi connectivity index (χ1v) is 6.62. The van der Waals surface area contributed by atoms with Gasteiger partial charge in [0.15, 0.2) is 0 Å². The lowest BCUT2D eigenvalue weighted by Gasteiger charge is -2.07. The third-order valence-electron chi connectivity index (χ3n) is 2.19. The second-order valence-corrected chi connectivity index (χ2v) is 5.19. The molecule has 0 aliphatic heterocycles. The average molecular weight is 268 g/mol. The third-order valence-corrected chi connectivity index (χ3v) is 3.70. The van der Waals surface area contributed by atoms with Crippen LogP contribution in [-0.2, 0) is 16.6 Å². The van der Waals surface area contributed by atoms with Crippen molar-refractivity contribution in [2.75, 3.05) is 12.3 Å². The Balaban J connectivity index is 2.02. The van der Waals surface area contributed by atoms with Gasteiger partial charge in [-0.2, -0.15) is 0 Å². The van der Waals surface area contributed by atoms with Crippen molar-refractivity contribution < 1.29 is 8.42 Å². The molecule has 0 amide bonds. The summed E-state index contributed by atoms with van der Waals surface area (Å²) < 4.78 is 27.8. The predicted octanol–water partition coefficient (Wildman–Crippen LogP) is -0.766. The molecule has 0 aliphatic rings. The minimum Gasteiger partial charge on any atom is -0.383 e. The summed E-state index contributed by atoms with van der Waals surface area (Å²) in [5, 5.41) is 7.34. The number of nitrogens with two attached hydrogens (primary N) is 1. The standard InChI is InChI=1S/C9H12N6O2S/c10-9-8(2-1-3-11-9)18(16,17)13-5-7-15-6-4-12-14-15/h1-4,6,13H,5,7H2,(H2,10,11). The second kappa shape index (κ2) is 5.10. The number of nitrogens with one attached hydrogen (secondary N) is 1. The number of pyridine rings is 1. The van der Waals surface area contributed by atoms with Crippen molar-refractivity contribution in [3.05, 3.63) is 30.7 Å². The lowest BCUT2D eigenvalue weighted by molar-refractivity contribution is 0.553. The van der Waals surface area contributed by atoms with Crippen molar-refractivity contribution >= 4 is 15.8 Å². The van der Waals surface area contributed by atoms with Crippen LogP contribution in [0.2, 0.25) is 0 Å². The van der Waals surface area contributed by atoms with Crippen LogP contribution in [0.1, 0.15) is 0 Å². The van der Waals surface area contributed by atoms with E-state index in [1.165, 1.54) is 29.2 Å². The number of hydrogen-bond acceptors (Lipinski definition) is 6. The van der Waals surface area contributed by atoms with E-state index >= 15 is 0 Å². The Morgan fingerprint density at radius 1 is 1.39 bits per heavy atom. The van der Waals surface area contributed by atoms with Gasteiger partial charge in [0.25, 0.3) is 0 Å². The van der Waals surface area contributed by atoms with Crippen molar-refractivity contribution in [1.82, 2.24) is 24.7 Å². The molecule has 18 heavy (non-hydrogen) atoms. The number of sulfonamides is 1. The van der Waals surface area contributed by atoms with Crippen molar-refractivity contribution in [2.45, 2.75) is 11.4 Å². The molecule has 0 saturated carbocycles. The third kappa shape index (κ3) is 2.81. The Bertz CT molecular complexity index is 610. The topological polar surface area (TPSA) is 116 Å². The van der Waals surface area contributed by atoms with Crippen LogP contribution >= 0.6 is 0 Å². The SMILES string of the molecule is Nc1ncccc1S(=O)(=O)NCCn1ccnn1. The summed E-state index contributed by atoms with van der Waals surface area (Å²) in [7, 11) is -3.64. The number of nitrogen functional groups attached to an aromatic ring is 1. The maximum absolute atomic E-state index is 11.9. The number of aromatic nitrogens is 4.